The maximum atomic E-state index is 13.1. The molecule has 0 radical (unpaired) electrons. The Balaban J connectivity index is 1.66. The van der Waals surface area contributed by atoms with Gasteiger partial charge in [-0.1, -0.05) is 24.3 Å². The van der Waals surface area contributed by atoms with Crippen LogP contribution >= 0.6 is 0 Å². The van der Waals surface area contributed by atoms with Crippen LogP contribution in [0.2, 0.25) is 0 Å². The molecule has 5 nitrogen and oxygen atoms in total. The number of halogens is 1. The van der Waals surface area contributed by atoms with Crippen LogP contribution in [0.25, 0.3) is 11.1 Å². The number of nitrogens with zero attached hydrogens (tertiary/aromatic N) is 1. The van der Waals surface area contributed by atoms with Gasteiger partial charge in [0.1, 0.15) is 12.4 Å². The van der Waals surface area contributed by atoms with Crippen molar-refractivity contribution in [1.82, 2.24) is 4.90 Å². The number of nitrogens with one attached hydrogen (secondary N) is 1. The molecule has 0 spiro atoms. The molecule has 1 atom stereocenters. The molecule has 1 aliphatic rings. The highest BCUT2D eigenvalue weighted by Crippen LogP contribution is 2.24. The minimum absolute atomic E-state index is 0.0358. The molecule has 1 saturated heterocycles. The van der Waals surface area contributed by atoms with Gasteiger partial charge in [-0.3, -0.25) is 9.59 Å². The van der Waals surface area contributed by atoms with E-state index in [0.29, 0.717) is 18.8 Å². The van der Waals surface area contributed by atoms with Crippen molar-refractivity contribution >= 4 is 17.5 Å². The Morgan fingerprint density at radius 2 is 1.96 bits per heavy atom. The Bertz CT molecular complexity index is 807. The second-order valence-corrected chi connectivity index (χ2v) is 6.69. The zero-order valence-electron chi connectivity index (χ0n) is 15.3. The maximum Gasteiger partial charge on any atom is 0.248 e. The van der Waals surface area contributed by atoms with Crippen molar-refractivity contribution in [3.05, 3.63) is 54.3 Å². The molecule has 3 rings (SSSR count). The Morgan fingerprint density at radius 1 is 1.19 bits per heavy atom. The van der Waals surface area contributed by atoms with Crippen LogP contribution in [-0.4, -0.2) is 43.5 Å². The standard InChI is InChI=1S/C21H23FN2O3/c1-27-14-20(25)24-11-3-5-17(13-24)21(26)23-19-6-2-4-16(12-19)15-7-9-18(22)10-8-15/h2,4,6-10,12,17H,3,5,11,13-14H2,1H3,(H,23,26)/t17-/m0/s1. The normalized spacial score (nSPS) is 16.8. The Kier molecular flexibility index (Phi) is 6.19. The van der Waals surface area contributed by atoms with E-state index < -0.39 is 0 Å². The van der Waals surface area contributed by atoms with Crippen molar-refractivity contribution < 1.29 is 18.7 Å². The summed E-state index contributed by atoms with van der Waals surface area (Å²) in [6.45, 7) is 1.10. The number of carbonyl (C=O) groups excluding carboxylic acids is 2. The fraction of sp³-hybridized carbons (Fsp3) is 0.333. The highest BCUT2D eigenvalue weighted by atomic mass is 19.1. The van der Waals surface area contributed by atoms with Gasteiger partial charge in [-0.05, 0) is 48.2 Å². The molecule has 2 aromatic rings. The zero-order valence-corrected chi connectivity index (χ0v) is 15.3. The molecule has 0 unspecified atom stereocenters. The monoisotopic (exact) mass is 370 g/mol. The van der Waals surface area contributed by atoms with E-state index in [1.807, 2.05) is 24.3 Å². The SMILES string of the molecule is COCC(=O)N1CCC[C@H](C(=O)Nc2cccc(-c3ccc(F)cc3)c2)C1. The number of piperidine rings is 1. The number of amides is 2. The Labute approximate surface area is 158 Å². The smallest absolute Gasteiger partial charge is 0.248 e. The first-order chi connectivity index (χ1) is 13.1. The van der Waals surface area contributed by atoms with E-state index >= 15 is 0 Å². The molecule has 1 aliphatic heterocycles. The van der Waals surface area contributed by atoms with Gasteiger partial charge in [-0.25, -0.2) is 4.39 Å². The number of rotatable bonds is 5. The largest absolute Gasteiger partial charge is 0.375 e. The van der Waals surface area contributed by atoms with Gasteiger partial charge in [-0.2, -0.15) is 0 Å². The number of methoxy groups -OCH3 is 1. The van der Waals surface area contributed by atoms with E-state index in [9.17, 15) is 14.0 Å². The van der Waals surface area contributed by atoms with Gasteiger partial charge >= 0.3 is 0 Å². The van der Waals surface area contributed by atoms with Crippen molar-refractivity contribution in [2.45, 2.75) is 12.8 Å². The number of carbonyl (C=O) groups is 2. The molecule has 0 bridgehead atoms. The molecule has 1 N–H and O–H groups in total. The second kappa shape index (κ2) is 8.77. The van der Waals surface area contributed by atoms with Gasteiger partial charge in [0, 0.05) is 25.9 Å². The van der Waals surface area contributed by atoms with Crippen LogP contribution in [0.1, 0.15) is 12.8 Å². The van der Waals surface area contributed by atoms with E-state index in [4.69, 9.17) is 4.74 Å². The number of anilines is 1. The molecule has 0 aliphatic carbocycles. The number of hydrogen-bond acceptors (Lipinski definition) is 3. The van der Waals surface area contributed by atoms with Crippen LogP contribution < -0.4 is 5.32 Å². The summed E-state index contributed by atoms with van der Waals surface area (Å²) < 4.78 is 18.0. The molecule has 2 aromatic carbocycles. The highest BCUT2D eigenvalue weighted by Gasteiger charge is 2.28. The number of ether oxygens (including phenoxy) is 1. The van der Waals surface area contributed by atoms with E-state index in [1.54, 1.807) is 17.0 Å². The van der Waals surface area contributed by atoms with Gasteiger partial charge in [-0.15, -0.1) is 0 Å². The first-order valence-corrected chi connectivity index (χ1v) is 9.00. The first-order valence-electron chi connectivity index (χ1n) is 9.00. The average molecular weight is 370 g/mol. The minimum Gasteiger partial charge on any atom is -0.375 e. The average Bonchev–Trinajstić information content (AvgIpc) is 2.69. The Morgan fingerprint density at radius 3 is 2.70 bits per heavy atom. The van der Waals surface area contributed by atoms with Crippen LogP contribution in [0.5, 0.6) is 0 Å². The molecule has 27 heavy (non-hydrogen) atoms. The summed E-state index contributed by atoms with van der Waals surface area (Å²) in [6, 6.07) is 13.7. The highest BCUT2D eigenvalue weighted by molar-refractivity contribution is 5.94. The predicted molar refractivity (Wildman–Crippen MR) is 102 cm³/mol. The summed E-state index contributed by atoms with van der Waals surface area (Å²) in [5.74, 6) is -0.711. The van der Waals surface area contributed by atoms with Gasteiger partial charge in [0.2, 0.25) is 11.8 Å². The molecule has 1 fully saturated rings. The molecular weight excluding hydrogens is 347 g/mol. The molecule has 6 heteroatoms. The summed E-state index contributed by atoms with van der Waals surface area (Å²) in [4.78, 5) is 26.3. The van der Waals surface area contributed by atoms with Crippen molar-refractivity contribution in [2.24, 2.45) is 5.92 Å². The van der Waals surface area contributed by atoms with Gasteiger partial charge in [0.25, 0.3) is 0 Å². The lowest BCUT2D eigenvalue weighted by atomic mass is 9.96. The molecule has 142 valence electrons. The first kappa shape index (κ1) is 19.0. The van der Waals surface area contributed by atoms with E-state index in [1.165, 1.54) is 19.2 Å². The summed E-state index contributed by atoms with van der Waals surface area (Å²) in [5.41, 5.74) is 2.46. The van der Waals surface area contributed by atoms with Crippen LogP contribution in [0.15, 0.2) is 48.5 Å². The molecule has 0 saturated carbocycles. The summed E-state index contributed by atoms with van der Waals surface area (Å²) in [7, 11) is 1.49. The zero-order chi connectivity index (χ0) is 19.2. The Hall–Kier alpha value is -2.73. The lowest BCUT2D eigenvalue weighted by Gasteiger charge is -2.32. The second-order valence-electron chi connectivity index (χ2n) is 6.69. The summed E-state index contributed by atoms with van der Waals surface area (Å²) in [5, 5.41) is 2.94. The van der Waals surface area contributed by atoms with Crippen molar-refractivity contribution in [3.8, 4) is 11.1 Å². The van der Waals surface area contributed by atoms with Gasteiger partial charge < -0.3 is 15.0 Å². The third-order valence-corrected chi connectivity index (χ3v) is 4.72. The van der Waals surface area contributed by atoms with Crippen LogP contribution in [0.3, 0.4) is 0 Å². The van der Waals surface area contributed by atoms with E-state index in [2.05, 4.69) is 5.32 Å². The third kappa shape index (κ3) is 4.92. The molecule has 1 heterocycles. The molecule has 0 aromatic heterocycles. The van der Waals surface area contributed by atoms with Gasteiger partial charge in [0.05, 0.1) is 5.92 Å². The van der Waals surface area contributed by atoms with Crippen LogP contribution in [0.4, 0.5) is 10.1 Å². The predicted octanol–water partition coefficient (Wildman–Crippen LogP) is 3.32. The summed E-state index contributed by atoms with van der Waals surface area (Å²) >= 11 is 0. The third-order valence-electron chi connectivity index (χ3n) is 4.72. The van der Waals surface area contributed by atoms with Crippen molar-refractivity contribution in [3.63, 3.8) is 0 Å². The number of benzene rings is 2. The lowest BCUT2D eigenvalue weighted by Crippen LogP contribution is -2.45. The molecule has 2 amide bonds. The fourth-order valence-corrected chi connectivity index (χ4v) is 3.30. The topological polar surface area (TPSA) is 58.6 Å². The van der Waals surface area contributed by atoms with Crippen LogP contribution in [0, 0.1) is 11.7 Å². The van der Waals surface area contributed by atoms with Crippen molar-refractivity contribution in [2.75, 3.05) is 32.1 Å². The maximum absolute atomic E-state index is 13.1. The van der Waals surface area contributed by atoms with Gasteiger partial charge in [0.15, 0.2) is 0 Å². The lowest BCUT2D eigenvalue weighted by molar-refractivity contribution is -0.138. The minimum atomic E-state index is -0.284. The van der Waals surface area contributed by atoms with Crippen LogP contribution in [-0.2, 0) is 14.3 Å². The number of hydrogen-bond donors (Lipinski definition) is 1. The van der Waals surface area contributed by atoms with Crippen molar-refractivity contribution in [1.29, 1.82) is 0 Å². The van der Waals surface area contributed by atoms with E-state index in [0.717, 1.165) is 24.0 Å². The number of likely N-dealkylation sites (tertiary alicyclic amines) is 1. The fourth-order valence-electron chi connectivity index (χ4n) is 3.30. The summed E-state index contributed by atoms with van der Waals surface area (Å²) in [6.07, 6.45) is 1.55. The quantitative estimate of drug-likeness (QED) is 0.878. The van der Waals surface area contributed by atoms with E-state index in [-0.39, 0.29) is 30.2 Å². The molecular formula is C21H23FN2O3.